The number of para-hydroxylation sites is 1. The van der Waals surface area contributed by atoms with Crippen LogP contribution in [0.15, 0.2) is 18.2 Å². The van der Waals surface area contributed by atoms with Crippen LogP contribution in [0.25, 0.3) is 0 Å². The Balaban J connectivity index is 1.86. The van der Waals surface area contributed by atoms with Crippen molar-refractivity contribution in [1.82, 2.24) is 4.90 Å². The van der Waals surface area contributed by atoms with Crippen molar-refractivity contribution < 1.29 is 14.3 Å². The maximum atomic E-state index is 11.7. The van der Waals surface area contributed by atoms with Gasteiger partial charge in [0.1, 0.15) is 0 Å². The molecule has 0 atom stereocenters. The van der Waals surface area contributed by atoms with Crippen LogP contribution in [-0.2, 0) is 9.47 Å². The summed E-state index contributed by atoms with van der Waals surface area (Å²) in [6.45, 7) is 5.37. The number of nitrogens with zero attached hydrogens (tertiary/aromatic N) is 1. The second kappa shape index (κ2) is 7.85. The average Bonchev–Trinajstić information content (AvgIpc) is 2.53. The Morgan fingerprint density at radius 1 is 1.43 bits per heavy atom. The van der Waals surface area contributed by atoms with E-state index in [1.165, 1.54) is 7.11 Å². The van der Waals surface area contributed by atoms with E-state index in [0.29, 0.717) is 16.9 Å². The van der Waals surface area contributed by atoms with Crippen molar-refractivity contribution in [3.63, 3.8) is 0 Å². The van der Waals surface area contributed by atoms with Gasteiger partial charge in [0.2, 0.25) is 0 Å². The minimum atomic E-state index is -0.377. The van der Waals surface area contributed by atoms with Crippen LogP contribution in [0, 0.1) is 0 Å². The second-order valence-electron chi connectivity index (χ2n) is 5.00. The first-order chi connectivity index (χ1) is 10.2. The number of carbonyl (C=O) groups is 1. The van der Waals surface area contributed by atoms with Gasteiger partial charge in [0.15, 0.2) is 0 Å². The summed E-state index contributed by atoms with van der Waals surface area (Å²) in [6, 6.07) is 5.24. The fraction of sp³-hybridized carbons (Fsp3) is 0.533. The molecule has 2 rings (SSSR count). The van der Waals surface area contributed by atoms with E-state index in [1.54, 1.807) is 18.2 Å². The Bertz CT molecular complexity index is 473. The normalized spacial score (nSPS) is 15.7. The van der Waals surface area contributed by atoms with E-state index in [-0.39, 0.29) is 5.97 Å². The van der Waals surface area contributed by atoms with Crippen molar-refractivity contribution in [3.05, 3.63) is 23.8 Å². The first-order valence-corrected chi connectivity index (χ1v) is 7.23. The van der Waals surface area contributed by atoms with Gasteiger partial charge < -0.3 is 20.5 Å². The summed E-state index contributed by atoms with van der Waals surface area (Å²) >= 11 is 0. The first kappa shape index (κ1) is 15.6. The summed E-state index contributed by atoms with van der Waals surface area (Å²) in [4.78, 5) is 14.1. The molecule has 0 bridgehead atoms. The fourth-order valence-electron chi connectivity index (χ4n) is 2.39. The summed E-state index contributed by atoms with van der Waals surface area (Å²) < 4.78 is 10.1. The van der Waals surface area contributed by atoms with Gasteiger partial charge in [0, 0.05) is 19.6 Å². The van der Waals surface area contributed by atoms with Gasteiger partial charge in [-0.1, -0.05) is 6.07 Å². The lowest BCUT2D eigenvalue weighted by molar-refractivity contribution is 0.0378. The van der Waals surface area contributed by atoms with Crippen molar-refractivity contribution >= 4 is 17.3 Å². The standard InChI is InChI=1S/C15H23N3O3/c1-20-15(19)12-4-2-5-13(16)14(12)17-6-3-7-18-8-10-21-11-9-18/h2,4-5,17H,3,6-11,16H2,1H3. The van der Waals surface area contributed by atoms with Gasteiger partial charge >= 0.3 is 5.97 Å². The average molecular weight is 293 g/mol. The third-order valence-electron chi connectivity index (χ3n) is 3.56. The Morgan fingerprint density at radius 3 is 2.90 bits per heavy atom. The van der Waals surface area contributed by atoms with Crippen LogP contribution in [0.1, 0.15) is 16.8 Å². The smallest absolute Gasteiger partial charge is 0.340 e. The predicted octanol–water partition coefficient (Wildman–Crippen LogP) is 1.19. The van der Waals surface area contributed by atoms with Gasteiger partial charge in [-0.15, -0.1) is 0 Å². The molecule has 1 saturated heterocycles. The number of carbonyl (C=O) groups excluding carboxylic acids is 1. The summed E-state index contributed by atoms with van der Waals surface area (Å²) in [6.07, 6.45) is 0.981. The SMILES string of the molecule is COC(=O)c1cccc(N)c1NCCCN1CCOCC1. The first-order valence-electron chi connectivity index (χ1n) is 7.23. The summed E-state index contributed by atoms with van der Waals surface area (Å²) in [5, 5.41) is 3.25. The zero-order valence-electron chi connectivity index (χ0n) is 12.4. The Hall–Kier alpha value is -1.79. The molecule has 1 fully saturated rings. The molecule has 1 heterocycles. The monoisotopic (exact) mass is 293 g/mol. The van der Waals surface area contributed by atoms with Gasteiger partial charge in [-0.3, -0.25) is 4.90 Å². The zero-order valence-corrected chi connectivity index (χ0v) is 12.4. The molecule has 0 aromatic heterocycles. The van der Waals surface area contributed by atoms with E-state index in [2.05, 4.69) is 10.2 Å². The van der Waals surface area contributed by atoms with E-state index >= 15 is 0 Å². The van der Waals surface area contributed by atoms with Gasteiger partial charge in [-0.05, 0) is 25.1 Å². The van der Waals surface area contributed by atoms with Crippen molar-refractivity contribution in [2.45, 2.75) is 6.42 Å². The number of benzene rings is 1. The molecule has 1 aromatic carbocycles. The van der Waals surface area contributed by atoms with Crippen LogP contribution in [0.2, 0.25) is 0 Å². The van der Waals surface area contributed by atoms with E-state index in [1.807, 2.05) is 0 Å². The van der Waals surface area contributed by atoms with Crippen molar-refractivity contribution in [2.75, 3.05) is 57.6 Å². The van der Waals surface area contributed by atoms with Crippen LogP contribution in [0.3, 0.4) is 0 Å². The number of methoxy groups -OCH3 is 1. The molecule has 0 aliphatic carbocycles. The lowest BCUT2D eigenvalue weighted by Crippen LogP contribution is -2.37. The number of nitrogens with one attached hydrogen (secondary N) is 1. The molecule has 0 spiro atoms. The van der Waals surface area contributed by atoms with Gasteiger partial charge in [-0.25, -0.2) is 4.79 Å². The third-order valence-corrected chi connectivity index (χ3v) is 3.56. The summed E-state index contributed by atoms with van der Waals surface area (Å²) in [7, 11) is 1.37. The molecule has 0 radical (unpaired) electrons. The minimum Gasteiger partial charge on any atom is -0.465 e. The molecule has 1 aliphatic rings. The molecular weight excluding hydrogens is 270 g/mol. The van der Waals surface area contributed by atoms with Crippen LogP contribution < -0.4 is 11.1 Å². The molecule has 1 aliphatic heterocycles. The maximum absolute atomic E-state index is 11.7. The van der Waals surface area contributed by atoms with Crippen LogP contribution in [-0.4, -0.2) is 57.4 Å². The largest absolute Gasteiger partial charge is 0.465 e. The molecule has 1 aromatic rings. The molecule has 0 unspecified atom stereocenters. The Morgan fingerprint density at radius 2 is 2.19 bits per heavy atom. The van der Waals surface area contributed by atoms with Gasteiger partial charge in [0.05, 0.1) is 37.3 Å². The van der Waals surface area contributed by atoms with Crippen molar-refractivity contribution in [3.8, 4) is 0 Å². The van der Waals surface area contributed by atoms with E-state index in [4.69, 9.17) is 15.2 Å². The summed E-state index contributed by atoms with van der Waals surface area (Å²) in [5.41, 5.74) is 7.64. The Kier molecular flexibility index (Phi) is 5.83. The number of hydrogen-bond acceptors (Lipinski definition) is 6. The Labute approximate surface area is 125 Å². The highest BCUT2D eigenvalue weighted by Gasteiger charge is 2.14. The highest BCUT2D eigenvalue weighted by Crippen LogP contribution is 2.24. The molecular formula is C15H23N3O3. The molecule has 6 heteroatoms. The molecule has 21 heavy (non-hydrogen) atoms. The number of hydrogen-bond donors (Lipinski definition) is 2. The molecule has 6 nitrogen and oxygen atoms in total. The lowest BCUT2D eigenvalue weighted by atomic mass is 10.1. The van der Waals surface area contributed by atoms with E-state index < -0.39 is 0 Å². The third kappa shape index (κ3) is 4.34. The highest BCUT2D eigenvalue weighted by molar-refractivity contribution is 5.98. The number of esters is 1. The summed E-state index contributed by atoms with van der Waals surface area (Å²) in [5.74, 6) is -0.377. The number of ether oxygens (including phenoxy) is 2. The second-order valence-corrected chi connectivity index (χ2v) is 5.00. The van der Waals surface area contributed by atoms with Gasteiger partial charge in [-0.2, -0.15) is 0 Å². The van der Waals surface area contributed by atoms with Crippen molar-refractivity contribution in [2.24, 2.45) is 0 Å². The number of anilines is 2. The van der Waals surface area contributed by atoms with Crippen molar-refractivity contribution in [1.29, 1.82) is 0 Å². The molecule has 0 saturated carbocycles. The number of nitrogens with two attached hydrogens (primary N) is 1. The van der Waals surface area contributed by atoms with Gasteiger partial charge in [0.25, 0.3) is 0 Å². The van der Waals surface area contributed by atoms with Crippen LogP contribution in [0.5, 0.6) is 0 Å². The number of nitrogen functional groups attached to an aromatic ring is 1. The molecule has 116 valence electrons. The quantitative estimate of drug-likeness (QED) is 0.466. The minimum absolute atomic E-state index is 0.377. The predicted molar refractivity (Wildman–Crippen MR) is 82.6 cm³/mol. The lowest BCUT2D eigenvalue weighted by Gasteiger charge is -2.26. The van der Waals surface area contributed by atoms with E-state index in [0.717, 1.165) is 45.8 Å². The highest BCUT2D eigenvalue weighted by atomic mass is 16.5. The molecule has 3 N–H and O–H groups in total. The number of morpholine rings is 1. The fourth-order valence-corrected chi connectivity index (χ4v) is 2.39. The molecule has 0 amide bonds. The number of rotatable bonds is 6. The van der Waals surface area contributed by atoms with Crippen LogP contribution in [0.4, 0.5) is 11.4 Å². The van der Waals surface area contributed by atoms with E-state index in [9.17, 15) is 4.79 Å². The maximum Gasteiger partial charge on any atom is 0.340 e. The topological polar surface area (TPSA) is 76.8 Å². The zero-order chi connectivity index (χ0) is 15.1. The van der Waals surface area contributed by atoms with Crippen LogP contribution >= 0.6 is 0 Å².